The Morgan fingerprint density at radius 1 is 0.917 bits per heavy atom. The Kier molecular flexibility index (Phi) is 12.3. The highest BCUT2D eigenvalue weighted by molar-refractivity contribution is 5.79. The number of unbranched alkanes of at least 4 members (excludes halogenated alkanes) is 4. The van der Waals surface area contributed by atoms with Crippen molar-refractivity contribution < 1.29 is 14.6 Å². The van der Waals surface area contributed by atoms with Crippen molar-refractivity contribution in [3.05, 3.63) is 36.5 Å². The summed E-state index contributed by atoms with van der Waals surface area (Å²) in [4.78, 5) is 10.9. The summed E-state index contributed by atoms with van der Waals surface area (Å²) in [6, 6.07) is 0. The van der Waals surface area contributed by atoms with Gasteiger partial charge in [0.25, 0.3) is 0 Å². The summed E-state index contributed by atoms with van der Waals surface area (Å²) in [7, 11) is 0. The lowest BCUT2D eigenvalue weighted by atomic mass is 10.1. The summed E-state index contributed by atoms with van der Waals surface area (Å²) >= 11 is 0. The summed E-state index contributed by atoms with van der Waals surface area (Å²) in [6.45, 7) is 1.91. The second-order valence-electron chi connectivity index (χ2n) is 6.42. The van der Waals surface area contributed by atoms with Gasteiger partial charge < -0.3 is 9.84 Å². The van der Waals surface area contributed by atoms with E-state index in [0.29, 0.717) is 18.6 Å². The van der Waals surface area contributed by atoms with Crippen molar-refractivity contribution in [3.63, 3.8) is 0 Å². The van der Waals surface area contributed by atoms with Gasteiger partial charge in [0.15, 0.2) is 5.78 Å². The zero-order chi connectivity index (χ0) is 17.5. The molecule has 1 aliphatic rings. The smallest absolute Gasteiger partial charge is 0.158 e. The van der Waals surface area contributed by atoms with Crippen LogP contribution in [0.5, 0.6) is 0 Å². The molecule has 1 saturated heterocycles. The van der Waals surface area contributed by atoms with Crippen LogP contribution in [-0.4, -0.2) is 29.7 Å². The summed E-state index contributed by atoms with van der Waals surface area (Å²) in [5.74, 6) is -0.0712. The molecule has 0 radical (unpaired) electrons. The van der Waals surface area contributed by atoms with Crippen LogP contribution in [0.25, 0.3) is 0 Å². The van der Waals surface area contributed by atoms with Crippen LogP contribution in [0.3, 0.4) is 0 Å². The first-order valence-electron chi connectivity index (χ1n) is 9.51. The first-order valence-corrected chi connectivity index (χ1v) is 9.51. The fraction of sp³-hybridized carbons (Fsp3) is 0.667. The summed E-state index contributed by atoms with van der Waals surface area (Å²) in [5, 5.41) is 8.60. The van der Waals surface area contributed by atoms with Crippen LogP contribution in [0.4, 0.5) is 0 Å². The van der Waals surface area contributed by atoms with Gasteiger partial charge in [-0.15, -0.1) is 0 Å². The molecule has 0 aromatic rings. The maximum atomic E-state index is 10.9. The second kappa shape index (κ2) is 14.2. The molecule has 1 fully saturated rings. The average molecular weight is 335 g/mol. The van der Waals surface area contributed by atoms with Crippen LogP contribution < -0.4 is 0 Å². The monoisotopic (exact) mass is 334 g/mol. The molecule has 0 spiro atoms. The van der Waals surface area contributed by atoms with E-state index in [1.54, 1.807) is 0 Å². The predicted molar refractivity (Wildman–Crippen MR) is 100 cm³/mol. The number of carbonyl (C=O) groups is 1. The lowest BCUT2D eigenvalue weighted by Crippen LogP contribution is -2.02. The van der Waals surface area contributed by atoms with Gasteiger partial charge in [-0.3, -0.25) is 4.79 Å². The SMILES string of the molecule is CCCCCC=CCC1OC1CC=CCC=CCCCC(=O)CO. The molecule has 3 nitrogen and oxygen atoms in total. The van der Waals surface area contributed by atoms with Crippen molar-refractivity contribution in [1.82, 2.24) is 0 Å². The first kappa shape index (κ1) is 20.9. The van der Waals surface area contributed by atoms with Crippen LogP contribution in [0.1, 0.15) is 71.1 Å². The van der Waals surface area contributed by atoms with E-state index < -0.39 is 0 Å². The number of Topliss-reactive ketones (excluding diaryl/α,β-unsaturated/α-hetero) is 1. The van der Waals surface area contributed by atoms with Gasteiger partial charge in [0.05, 0.1) is 12.2 Å². The molecule has 0 amide bonds. The van der Waals surface area contributed by atoms with Crippen LogP contribution in [0, 0.1) is 0 Å². The van der Waals surface area contributed by atoms with E-state index in [-0.39, 0.29) is 12.4 Å². The Labute approximate surface area is 147 Å². The molecule has 1 aliphatic heterocycles. The Morgan fingerprint density at radius 2 is 1.54 bits per heavy atom. The van der Waals surface area contributed by atoms with E-state index in [2.05, 4.69) is 43.4 Å². The van der Waals surface area contributed by atoms with Crippen LogP contribution in [0.2, 0.25) is 0 Å². The highest BCUT2D eigenvalue weighted by atomic mass is 16.6. The van der Waals surface area contributed by atoms with Crippen molar-refractivity contribution in [3.8, 4) is 0 Å². The summed E-state index contributed by atoms with van der Waals surface area (Å²) < 4.78 is 5.66. The molecule has 0 aromatic heterocycles. The van der Waals surface area contributed by atoms with Crippen LogP contribution >= 0.6 is 0 Å². The van der Waals surface area contributed by atoms with E-state index in [0.717, 1.165) is 32.1 Å². The minimum Gasteiger partial charge on any atom is -0.389 e. The molecule has 0 bridgehead atoms. The molecule has 0 saturated carbocycles. The van der Waals surface area contributed by atoms with Gasteiger partial charge in [0.2, 0.25) is 0 Å². The third kappa shape index (κ3) is 11.4. The van der Waals surface area contributed by atoms with E-state index in [1.807, 2.05) is 0 Å². The molecule has 3 heteroatoms. The minimum absolute atomic E-state index is 0.0712. The number of hydrogen-bond acceptors (Lipinski definition) is 3. The van der Waals surface area contributed by atoms with E-state index in [1.165, 1.54) is 25.7 Å². The van der Waals surface area contributed by atoms with Crippen molar-refractivity contribution in [2.45, 2.75) is 83.3 Å². The van der Waals surface area contributed by atoms with Gasteiger partial charge in [-0.1, -0.05) is 56.2 Å². The average Bonchev–Trinajstić information content (AvgIpc) is 3.34. The van der Waals surface area contributed by atoms with Gasteiger partial charge in [-0.25, -0.2) is 0 Å². The molecule has 1 N–H and O–H groups in total. The molecular weight excluding hydrogens is 300 g/mol. The number of aliphatic hydroxyl groups excluding tert-OH is 1. The molecule has 0 aromatic carbocycles. The minimum atomic E-state index is -0.328. The molecule has 1 heterocycles. The maximum absolute atomic E-state index is 10.9. The topological polar surface area (TPSA) is 49.8 Å². The first-order chi connectivity index (χ1) is 11.8. The van der Waals surface area contributed by atoms with E-state index >= 15 is 0 Å². The summed E-state index contributed by atoms with van der Waals surface area (Å²) in [5.41, 5.74) is 0. The zero-order valence-corrected chi connectivity index (χ0v) is 15.2. The van der Waals surface area contributed by atoms with Gasteiger partial charge in [0, 0.05) is 6.42 Å². The van der Waals surface area contributed by atoms with Gasteiger partial charge in [-0.05, 0) is 44.9 Å². The maximum Gasteiger partial charge on any atom is 0.158 e. The second-order valence-corrected chi connectivity index (χ2v) is 6.42. The Hall–Kier alpha value is -1.19. The molecular formula is C21H34O3. The molecule has 136 valence electrons. The number of rotatable bonds is 15. The van der Waals surface area contributed by atoms with Gasteiger partial charge in [-0.2, -0.15) is 0 Å². The van der Waals surface area contributed by atoms with Gasteiger partial charge in [0.1, 0.15) is 6.61 Å². The lowest BCUT2D eigenvalue weighted by molar-refractivity contribution is -0.121. The van der Waals surface area contributed by atoms with Crippen molar-refractivity contribution >= 4 is 5.78 Å². The Morgan fingerprint density at radius 3 is 2.25 bits per heavy atom. The van der Waals surface area contributed by atoms with Crippen molar-refractivity contribution in [1.29, 1.82) is 0 Å². The summed E-state index contributed by atoms with van der Waals surface area (Å²) in [6.07, 6.45) is 24.3. The van der Waals surface area contributed by atoms with Crippen molar-refractivity contribution in [2.75, 3.05) is 6.61 Å². The number of aliphatic hydroxyl groups is 1. The highest BCUT2D eigenvalue weighted by Crippen LogP contribution is 2.29. The third-order valence-electron chi connectivity index (χ3n) is 4.17. The zero-order valence-electron chi connectivity index (χ0n) is 15.2. The quantitative estimate of drug-likeness (QED) is 0.263. The van der Waals surface area contributed by atoms with Crippen LogP contribution in [0.15, 0.2) is 36.5 Å². The molecule has 2 atom stereocenters. The lowest BCUT2D eigenvalue weighted by Gasteiger charge is -1.93. The number of carbonyl (C=O) groups excluding carboxylic acids is 1. The fourth-order valence-corrected chi connectivity index (χ4v) is 2.57. The Bertz CT molecular complexity index is 409. The number of ketones is 1. The predicted octanol–water partition coefficient (Wildman–Crippen LogP) is 4.90. The molecule has 1 rings (SSSR count). The molecule has 24 heavy (non-hydrogen) atoms. The fourth-order valence-electron chi connectivity index (χ4n) is 2.57. The normalized spacial score (nSPS) is 20.6. The molecule has 0 aliphatic carbocycles. The number of hydrogen-bond donors (Lipinski definition) is 1. The Balaban J connectivity index is 1.92. The highest BCUT2D eigenvalue weighted by Gasteiger charge is 2.35. The van der Waals surface area contributed by atoms with Crippen LogP contribution in [-0.2, 0) is 9.53 Å². The third-order valence-corrected chi connectivity index (χ3v) is 4.17. The van der Waals surface area contributed by atoms with E-state index in [4.69, 9.17) is 9.84 Å². The number of epoxide rings is 1. The molecule has 2 unspecified atom stereocenters. The largest absolute Gasteiger partial charge is 0.389 e. The van der Waals surface area contributed by atoms with Gasteiger partial charge >= 0.3 is 0 Å². The number of allylic oxidation sites excluding steroid dienone is 4. The standard InChI is InChI=1S/C21H34O3/c1-2-3-4-5-10-13-16-20-21(24-20)17-14-11-8-6-7-9-12-15-19(23)18-22/h6-7,10-11,13-14,20-22H,2-5,8-9,12,15-18H2,1H3. The number of ether oxygens (including phenoxy) is 1. The van der Waals surface area contributed by atoms with E-state index in [9.17, 15) is 4.79 Å². The van der Waals surface area contributed by atoms with Crippen molar-refractivity contribution in [2.24, 2.45) is 0 Å².